The average Bonchev–Trinajstić information content (AvgIpc) is 2.73. The Labute approximate surface area is 169 Å². The van der Waals surface area contributed by atoms with Crippen LogP contribution < -0.4 is 15.4 Å². The van der Waals surface area contributed by atoms with Crippen LogP contribution in [0.25, 0.3) is 10.9 Å². The molecule has 6 nitrogen and oxygen atoms in total. The Balaban J connectivity index is 1.65. The lowest BCUT2D eigenvalue weighted by Gasteiger charge is -2.15. The molecule has 0 bridgehead atoms. The summed E-state index contributed by atoms with van der Waals surface area (Å²) >= 11 is 0. The molecule has 0 saturated heterocycles. The predicted molar refractivity (Wildman–Crippen MR) is 108 cm³/mol. The number of fused-ring (bicyclic) bond motifs is 1. The number of halogens is 3. The number of nitrogens with one attached hydrogen (secondary N) is 2. The van der Waals surface area contributed by atoms with E-state index in [1.54, 1.807) is 48.7 Å². The number of aromatic nitrogens is 3. The molecule has 0 unspecified atom stereocenters. The molecular formula is C21H16F3N5O. The van der Waals surface area contributed by atoms with Gasteiger partial charge in [0.25, 0.3) is 0 Å². The highest BCUT2D eigenvalue weighted by Crippen LogP contribution is 2.35. The molecule has 0 aliphatic carbocycles. The third-order valence-corrected chi connectivity index (χ3v) is 4.31. The number of hydrogen-bond donors (Lipinski definition) is 2. The van der Waals surface area contributed by atoms with Crippen LogP contribution in [0.1, 0.15) is 5.56 Å². The zero-order chi connectivity index (χ0) is 21.1. The number of hydrogen-bond acceptors (Lipinski definition) is 6. The summed E-state index contributed by atoms with van der Waals surface area (Å²) in [6, 6.07) is 15.5. The fourth-order valence-electron chi connectivity index (χ4n) is 2.84. The monoisotopic (exact) mass is 411 g/mol. The van der Waals surface area contributed by atoms with Crippen molar-refractivity contribution in [1.29, 1.82) is 0 Å². The van der Waals surface area contributed by atoms with Crippen LogP contribution >= 0.6 is 0 Å². The van der Waals surface area contributed by atoms with Gasteiger partial charge in [-0.15, -0.1) is 0 Å². The van der Waals surface area contributed by atoms with E-state index < -0.39 is 11.7 Å². The number of nitrogens with zero attached hydrogens (tertiary/aromatic N) is 3. The normalized spacial score (nSPS) is 11.3. The first-order valence-corrected chi connectivity index (χ1v) is 8.89. The molecule has 2 aromatic carbocycles. The van der Waals surface area contributed by atoms with E-state index in [0.717, 1.165) is 17.1 Å². The summed E-state index contributed by atoms with van der Waals surface area (Å²) in [6.45, 7) is 0. The Hall–Kier alpha value is -3.88. The summed E-state index contributed by atoms with van der Waals surface area (Å²) in [5.74, 6) is 0.266. The van der Waals surface area contributed by atoms with Crippen molar-refractivity contribution in [3.05, 3.63) is 72.6 Å². The van der Waals surface area contributed by atoms with Gasteiger partial charge in [-0.3, -0.25) is 4.98 Å². The van der Waals surface area contributed by atoms with Gasteiger partial charge in [-0.1, -0.05) is 6.07 Å². The number of rotatable bonds is 5. The average molecular weight is 411 g/mol. The predicted octanol–water partition coefficient (Wildman–Crippen LogP) is 5.54. The standard InChI is InChI=1S/C21H16F3N5O/c1-30-16-7-4-14(5-8-16)27-19-17(21(22,23)24)12-26-20(29-19)28-15-6-9-18-13(11-15)3-2-10-25-18/h2-12H,1H3,(H2,26,27,28,29). The first-order chi connectivity index (χ1) is 14.4. The van der Waals surface area contributed by atoms with Crippen molar-refractivity contribution >= 4 is 34.0 Å². The Morgan fingerprint density at radius 3 is 2.40 bits per heavy atom. The van der Waals surface area contributed by atoms with Gasteiger partial charge in [-0.25, -0.2) is 4.98 Å². The van der Waals surface area contributed by atoms with Gasteiger partial charge in [0.05, 0.1) is 12.6 Å². The van der Waals surface area contributed by atoms with Crippen molar-refractivity contribution < 1.29 is 17.9 Å². The molecule has 4 rings (SSSR count). The van der Waals surface area contributed by atoms with E-state index in [-0.39, 0.29) is 11.8 Å². The summed E-state index contributed by atoms with van der Waals surface area (Å²) in [5.41, 5.74) is 0.901. The van der Waals surface area contributed by atoms with Crippen molar-refractivity contribution in [2.45, 2.75) is 6.18 Å². The Morgan fingerprint density at radius 2 is 1.67 bits per heavy atom. The smallest absolute Gasteiger partial charge is 0.421 e. The molecule has 0 spiro atoms. The van der Waals surface area contributed by atoms with Crippen LogP contribution in [-0.4, -0.2) is 22.1 Å². The van der Waals surface area contributed by atoms with Gasteiger partial charge < -0.3 is 15.4 Å². The number of alkyl halides is 3. The van der Waals surface area contributed by atoms with Crippen LogP contribution in [0.3, 0.4) is 0 Å². The zero-order valence-electron chi connectivity index (χ0n) is 15.7. The molecule has 2 heterocycles. The van der Waals surface area contributed by atoms with Gasteiger partial charge >= 0.3 is 6.18 Å². The van der Waals surface area contributed by atoms with Crippen LogP contribution in [0.15, 0.2) is 67.0 Å². The minimum atomic E-state index is -4.61. The van der Waals surface area contributed by atoms with Crippen molar-refractivity contribution in [3.63, 3.8) is 0 Å². The largest absolute Gasteiger partial charge is 0.497 e. The number of anilines is 4. The highest BCUT2D eigenvalue weighted by Gasteiger charge is 2.35. The maximum atomic E-state index is 13.4. The highest BCUT2D eigenvalue weighted by molar-refractivity contribution is 5.82. The van der Waals surface area contributed by atoms with Crippen LogP contribution in [-0.2, 0) is 6.18 Å². The van der Waals surface area contributed by atoms with Gasteiger partial charge in [0.15, 0.2) is 0 Å². The van der Waals surface area contributed by atoms with E-state index in [2.05, 4.69) is 25.6 Å². The number of methoxy groups -OCH3 is 1. The first kappa shape index (κ1) is 19.4. The quantitative estimate of drug-likeness (QED) is 0.449. The summed E-state index contributed by atoms with van der Waals surface area (Å²) in [7, 11) is 1.51. The summed E-state index contributed by atoms with van der Waals surface area (Å²) < 4.78 is 45.4. The van der Waals surface area contributed by atoms with Crippen LogP contribution in [0, 0.1) is 0 Å². The van der Waals surface area contributed by atoms with Gasteiger partial charge in [0.2, 0.25) is 5.95 Å². The van der Waals surface area contributed by atoms with E-state index in [0.29, 0.717) is 17.1 Å². The van der Waals surface area contributed by atoms with Crippen molar-refractivity contribution in [3.8, 4) is 5.75 Å². The lowest BCUT2D eigenvalue weighted by Crippen LogP contribution is -2.12. The summed E-state index contributed by atoms with van der Waals surface area (Å²) in [6.07, 6.45) is -2.17. The number of benzene rings is 2. The summed E-state index contributed by atoms with van der Waals surface area (Å²) in [5, 5.41) is 6.53. The second kappa shape index (κ2) is 7.86. The molecule has 0 saturated carbocycles. The molecule has 9 heteroatoms. The Kier molecular flexibility index (Phi) is 5.09. The Morgan fingerprint density at radius 1 is 0.900 bits per heavy atom. The second-order valence-electron chi connectivity index (χ2n) is 6.34. The van der Waals surface area contributed by atoms with Crippen LogP contribution in [0.4, 0.5) is 36.3 Å². The molecule has 0 amide bonds. The van der Waals surface area contributed by atoms with Gasteiger partial charge in [-0.05, 0) is 48.5 Å². The molecule has 2 N–H and O–H groups in total. The zero-order valence-corrected chi connectivity index (χ0v) is 15.7. The SMILES string of the molecule is COc1ccc(Nc2nc(Nc3ccc4ncccc4c3)ncc2C(F)(F)F)cc1. The molecular weight excluding hydrogens is 395 g/mol. The minimum Gasteiger partial charge on any atom is -0.497 e. The molecule has 30 heavy (non-hydrogen) atoms. The maximum Gasteiger partial charge on any atom is 0.421 e. The van der Waals surface area contributed by atoms with E-state index in [1.807, 2.05) is 12.1 Å². The second-order valence-corrected chi connectivity index (χ2v) is 6.34. The molecule has 152 valence electrons. The van der Waals surface area contributed by atoms with Crippen molar-refractivity contribution in [2.24, 2.45) is 0 Å². The minimum absolute atomic E-state index is 0.0299. The van der Waals surface area contributed by atoms with Gasteiger partial charge in [-0.2, -0.15) is 18.2 Å². The van der Waals surface area contributed by atoms with Crippen molar-refractivity contribution in [1.82, 2.24) is 15.0 Å². The van der Waals surface area contributed by atoms with E-state index in [4.69, 9.17) is 4.74 Å². The fourth-order valence-corrected chi connectivity index (χ4v) is 2.84. The van der Waals surface area contributed by atoms with Crippen LogP contribution in [0.2, 0.25) is 0 Å². The van der Waals surface area contributed by atoms with Crippen LogP contribution in [0.5, 0.6) is 5.75 Å². The van der Waals surface area contributed by atoms with E-state index in [1.165, 1.54) is 7.11 Å². The fraction of sp³-hybridized carbons (Fsp3) is 0.0952. The van der Waals surface area contributed by atoms with Gasteiger partial charge in [0, 0.05) is 29.2 Å². The van der Waals surface area contributed by atoms with E-state index in [9.17, 15) is 13.2 Å². The number of pyridine rings is 1. The van der Waals surface area contributed by atoms with Gasteiger partial charge in [0.1, 0.15) is 17.1 Å². The lowest BCUT2D eigenvalue weighted by molar-refractivity contribution is -0.137. The topological polar surface area (TPSA) is 72.0 Å². The highest BCUT2D eigenvalue weighted by atomic mass is 19.4. The van der Waals surface area contributed by atoms with Crippen molar-refractivity contribution in [2.75, 3.05) is 17.7 Å². The molecule has 0 aliphatic heterocycles. The molecule has 4 aromatic rings. The molecule has 0 radical (unpaired) electrons. The van der Waals surface area contributed by atoms with E-state index >= 15 is 0 Å². The molecule has 0 aliphatic rings. The number of ether oxygens (including phenoxy) is 1. The molecule has 0 fully saturated rings. The Bertz CT molecular complexity index is 1180. The molecule has 2 aromatic heterocycles. The third-order valence-electron chi connectivity index (χ3n) is 4.31. The first-order valence-electron chi connectivity index (χ1n) is 8.89. The summed E-state index contributed by atoms with van der Waals surface area (Å²) in [4.78, 5) is 12.1. The molecule has 0 atom stereocenters. The lowest BCUT2D eigenvalue weighted by atomic mass is 10.2. The maximum absolute atomic E-state index is 13.4. The third kappa shape index (κ3) is 4.24.